The quantitative estimate of drug-likeness (QED) is 0.610. The zero-order valence-electron chi connectivity index (χ0n) is 14.8. The Morgan fingerprint density at radius 2 is 1.60 bits per heavy atom. The molecule has 0 bridgehead atoms. The molecule has 2 aromatic rings. The Morgan fingerprint density at radius 1 is 1.04 bits per heavy atom. The molecule has 0 amide bonds. The Kier molecular flexibility index (Phi) is 5.37. The summed E-state index contributed by atoms with van der Waals surface area (Å²) in [6.07, 6.45) is 0. The van der Waals surface area contributed by atoms with Crippen molar-refractivity contribution in [3.63, 3.8) is 0 Å². The first kappa shape index (κ1) is 18.8. The molecule has 0 fully saturated rings. The summed E-state index contributed by atoms with van der Waals surface area (Å²) < 4.78 is 26.5. The monoisotopic (exact) mass is 361 g/mol. The second-order valence-corrected chi connectivity index (χ2v) is 8.51. The standard InChI is InChI=1S/C18H23N3O3S/c1-12(2)25(23,24)20-17-11-14(7-10-16(17)19)18(22)13-5-8-15(9-6-13)21(3)4/h5-12,20H,19H2,1-4H3. The Labute approximate surface area is 148 Å². The molecule has 2 aromatic carbocycles. The van der Waals surface area contributed by atoms with Crippen LogP contribution in [0.25, 0.3) is 0 Å². The number of anilines is 3. The summed E-state index contributed by atoms with van der Waals surface area (Å²) in [5.41, 5.74) is 8.20. The lowest BCUT2D eigenvalue weighted by Gasteiger charge is -2.14. The van der Waals surface area contributed by atoms with Gasteiger partial charge in [0.2, 0.25) is 10.0 Å². The SMILES string of the molecule is CC(C)S(=O)(=O)Nc1cc(C(=O)c2ccc(N(C)C)cc2)ccc1N. The van der Waals surface area contributed by atoms with Crippen LogP contribution in [0.15, 0.2) is 42.5 Å². The summed E-state index contributed by atoms with van der Waals surface area (Å²) in [6, 6.07) is 11.8. The molecule has 0 heterocycles. The zero-order chi connectivity index (χ0) is 18.8. The first-order valence-electron chi connectivity index (χ1n) is 7.85. The van der Waals surface area contributed by atoms with E-state index in [2.05, 4.69) is 4.72 Å². The molecule has 25 heavy (non-hydrogen) atoms. The number of carbonyl (C=O) groups is 1. The minimum Gasteiger partial charge on any atom is -0.397 e. The van der Waals surface area contributed by atoms with Crippen molar-refractivity contribution >= 4 is 32.9 Å². The predicted octanol–water partition coefficient (Wildman–Crippen LogP) is 2.72. The lowest BCUT2D eigenvalue weighted by Crippen LogP contribution is -2.23. The molecule has 0 saturated carbocycles. The van der Waals surface area contributed by atoms with Gasteiger partial charge in [-0.05, 0) is 56.3 Å². The van der Waals surface area contributed by atoms with Gasteiger partial charge in [-0.1, -0.05) is 0 Å². The van der Waals surface area contributed by atoms with E-state index in [4.69, 9.17) is 5.73 Å². The third-order valence-electron chi connectivity index (χ3n) is 3.83. The summed E-state index contributed by atoms with van der Waals surface area (Å²) in [4.78, 5) is 14.6. The number of rotatable bonds is 6. The minimum absolute atomic E-state index is 0.199. The summed E-state index contributed by atoms with van der Waals surface area (Å²) in [5, 5.41) is -0.607. The molecule has 0 unspecified atom stereocenters. The van der Waals surface area contributed by atoms with Crippen LogP contribution >= 0.6 is 0 Å². The van der Waals surface area contributed by atoms with E-state index in [0.29, 0.717) is 11.1 Å². The number of nitrogens with one attached hydrogen (secondary N) is 1. The lowest BCUT2D eigenvalue weighted by atomic mass is 10.0. The molecule has 0 aliphatic heterocycles. The number of ketones is 1. The van der Waals surface area contributed by atoms with Gasteiger partial charge in [0.05, 0.1) is 16.6 Å². The van der Waals surface area contributed by atoms with E-state index in [1.165, 1.54) is 12.1 Å². The molecule has 0 radical (unpaired) electrons. The normalized spacial score (nSPS) is 11.4. The number of sulfonamides is 1. The Balaban J connectivity index is 2.33. The van der Waals surface area contributed by atoms with Gasteiger partial charge in [-0.2, -0.15) is 0 Å². The van der Waals surface area contributed by atoms with Crippen LogP contribution in [-0.2, 0) is 10.0 Å². The number of hydrogen-bond donors (Lipinski definition) is 2. The predicted molar refractivity (Wildman–Crippen MR) is 103 cm³/mol. The highest BCUT2D eigenvalue weighted by atomic mass is 32.2. The maximum absolute atomic E-state index is 12.7. The van der Waals surface area contributed by atoms with E-state index in [-0.39, 0.29) is 17.2 Å². The smallest absolute Gasteiger partial charge is 0.235 e. The summed E-state index contributed by atoms with van der Waals surface area (Å²) in [7, 11) is 0.298. The van der Waals surface area contributed by atoms with Gasteiger partial charge in [-0.25, -0.2) is 8.42 Å². The third kappa shape index (κ3) is 4.30. The second-order valence-electron chi connectivity index (χ2n) is 6.27. The molecule has 7 heteroatoms. The molecular weight excluding hydrogens is 338 g/mol. The zero-order valence-corrected chi connectivity index (χ0v) is 15.6. The van der Waals surface area contributed by atoms with E-state index >= 15 is 0 Å². The number of nitrogens with two attached hydrogens (primary N) is 1. The second kappa shape index (κ2) is 7.14. The van der Waals surface area contributed by atoms with Gasteiger partial charge in [0, 0.05) is 30.9 Å². The molecule has 3 N–H and O–H groups in total. The number of nitrogen functional groups attached to an aromatic ring is 1. The van der Waals surface area contributed by atoms with E-state index in [1.807, 2.05) is 31.1 Å². The minimum atomic E-state index is -3.54. The molecule has 0 saturated heterocycles. The van der Waals surface area contributed by atoms with Crippen molar-refractivity contribution in [1.82, 2.24) is 0 Å². The van der Waals surface area contributed by atoms with Crippen molar-refractivity contribution in [1.29, 1.82) is 0 Å². The summed E-state index contributed by atoms with van der Waals surface area (Å²) >= 11 is 0. The molecule has 0 aliphatic carbocycles. The lowest BCUT2D eigenvalue weighted by molar-refractivity contribution is 0.103. The van der Waals surface area contributed by atoms with Crippen LogP contribution in [0.3, 0.4) is 0 Å². The van der Waals surface area contributed by atoms with Gasteiger partial charge in [0.25, 0.3) is 0 Å². The van der Waals surface area contributed by atoms with Crippen LogP contribution < -0.4 is 15.4 Å². The maximum atomic E-state index is 12.7. The molecule has 0 aromatic heterocycles. The summed E-state index contributed by atoms with van der Waals surface area (Å²) in [6.45, 7) is 3.14. The van der Waals surface area contributed by atoms with E-state index in [9.17, 15) is 13.2 Å². The van der Waals surface area contributed by atoms with Crippen LogP contribution in [0.5, 0.6) is 0 Å². The van der Waals surface area contributed by atoms with Crippen LogP contribution in [0.2, 0.25) is 0 Å². The van der Waals surface area contributed by atoms with Crippen molar-refractivity contribution in [3.05, 3.63) is 53.6 Å². The summed E-state index contributed by atoms with van der Waals surface area (Å²) in [5.74, 6) is -0.199. The fourth-order valence-electron chi connectivity index (χ4n) is 2.13. The van der Waals surface area contributed by atoms with Gasteiger partial charge in [0.15, 0.2) is 5.78 Å². The Bertz CT molecular complexity index is 873. The molecule has 6 nitrogen and oxygen atoms in total. The fourth-order valence-corrected chi connectivity index (χ4v) is 2.85. The first-order valence-corrected chi connectivity index (χ1v) is 9.39. The molecular formula is C18H23N3O3S. The average Bonchev–Trinajstić information content (AvgIpc) is 2.56. The first-order chi connectivity index (χ1) is 11.6. The highest BCUT2D eigenvalue weighted by molar-refractivity contribution is 7.93. The maximum Gasteiger partial charge on any atom is 0.235 e. The van der Waals surface area contributed by atoms with Crippen molar-refractivity contribution in [2.24, 2.45) is 0 Å². The van der Waals surface area contributed by atoms with Crippen LogP contribution in [0, 0.1) is 0 Å². The molecule has 0 aliphatic rings. The Morgan fingerprint density at radius 3 is 2.12 bits per heavy atom. The molecule has 0 spiro atoms. The van der Waals surface area contributed by atoms with Gasteiger partial charge in [-0.15, -0.1) is 0 Å². The largest absolute Gasteiger partial charge is 0.397 e. The van der Waals surface area contributed by atoms with Gasteiger partial charge in [-0.3, -0.25) is 9.52 Å². The topological polar surface area (TPSA) is 92.5 Å². The Hall–Kier alpha value is -2.54. The van der Waals surface area contributed by atoms with E-state index in [0.717, 1.165) is 5.69 Å². The van der Waals surface area contributed by atoms with Gasteiger partial charge < -0.3 is 10.6 Å². The van der Waals surface area contributed by atoms with Crippen LogP contribution in [-0.4, -0.2) is 33.5 Å². The highest BCUT2D eigenvalue weighted by Gasteiger charge is 2.18. The fraction of sp³-hybridized carbons (Fsp3) is 0.278. The number of hydrogen-bond acceptors (Lipinski definition) is 5. The van der Waals surface area contributed by atoms with E-state index in [1.54, 1.807) is 32.0 Å². The van der Waals surface area contributed by atoms with Crippen LogP contribution in [0.1, 0.15) is 29.8 Å². The van der Waals surface area contributed by atoms with Crippen molar-refractivity contribution in [2.75, 3.05) is 29.5 Å². The number of benzene rings is 2. The van der Waals surface area contributed by atoms with Gasteiger partial charge >= 0.3 is 0 Å². The number of nitrogens with zero attached hydrogens (tertiary/aromatic N) is 1. The van der Waals surface area contributed by atoms with Crippen molar-refractivity contribution in [2.45, 2.75) is 19.1 Å². The average molecular weight is 361 g/mol. The third-order valence-corrected chi connectivity index (χ3v) is 5.58. The van der Waals surface area contributed by atoms with Crippen molar-refractivity contribution in [3.8, 4) is 0 Å². The molecule has 0 atom stereocenters. The highest BCUT2D eigenvalue weighted by Crippen LogP contribution is 2.24. The number of carbonyl (C=O) groups excluding carboxylic acids is 1. The van der Waals surface area contributed by atoms with Crippen LogP contribution in [0.4, 0.5) is 17.1 Å². The molecule has 2 rings (SSSR count). The van der Waals surface area contributed by atoms with Crippen molar-refractivity contribution < 1.29 is 13.2 Å². The van der Waals surface area contributed by atoms with E-state index < -0.39 is 15.3 Å². The molecule has 134 valence electrons. The van der Waals surface area contributed by atoms with Gasteiger partial charge in [0.1, 0.15) is 0 Å².